The Morgan fingerprint density at radius 3 is 2.50 bits per heavy atom. The van der Waals surface area contributed by atoms with Crippen molar-refractivity contribution in [1.82, 2.24) is 24.4 Å². The summed E-state index contributed by atoms with van der Waals surface area (Å²) in [6.07, 6.45) is 2.92. The van der Waals surface area contributed by atoms with Gasteiger partial charge in [-0.05, 0) is 31.9 Å². The van der Waals surface area contributed by atoms with Crippen LogP contribution in [0.3, 0.4) is 0 Å². The van der Waals surface area contributed by atoms with E-state index in [1.54, 1.807) is 25.1 Å². The molecule has 5 rings (SSSR count). The lowest BCUT2D eigenvalue weighted by Gasteiger charge is -2.33. The third-order valence-electron chi connectivity index (χ3n) is 6.95. The Kier molecular flexibility index (Phi) is 8.08. The third-order valence-corrected chi connectivity index (χ3v) is 8.83. The van der Waals surface area contributed by atoms with E-state index < -0.39 is 21.8 Å². The summed E-state index contributed by atoms with van der Waals surface area (Å²) in [7, 11) is -1.90. The number of nitrogens with two attached hydrogens (primary N) is 1. The monoisotopic (exact) mass is 598 g/mol. The molecule has 0 spiro atoms. The lowest BCUT2D eigenvalue weighted by atomic mass is 10.1. The van der Waals surface area contributed by atoms with Crippen LogP contribution in [-0.4, -0.2) is 89.6 Å². The Hall–Kier alpha value is -4.57. The molecule has 15 nitrogen and oxygen atoms in total. The second-order valence-electron chi connectivity index (χ2n) is 9.75. The fourth-order valence-electron chi connectivity index (χ4n) is 4.48. The molecule has 3 heterocycles. The number of carbonyl (C=O) groups excluding carboxylic acids is 3. The zero-order valence-electron chi connectivity index (χ0n) is 23.0. The molecule has 1 saturated carbocycles. The van der Waals surface area contributed by atoms with Gasteiger partial charge in [0, 0.05) is 38.2 Å². The number of amides is 3. The van der Waals surface area contributed by atoms with Crippen LogP contribution in [0.4, 0.5) is 17.2 Å². The smallest absolute Gasteiger partial charge is 0.291 e. The first-order valence-corrected chi connectivity index (χ1v) is 14.9. The van der Waals surface area contributed by atoms with Crippen LogP contribution >= 0.6 is 0 Å². The maximum absolute atomic E-state index is 13.1. The van der Waals surface area contributed by atoms with Crippen LogP contribution in [0.15, 0.2) is 34.9 Å². The van der Waals surface area contributed by atoms with E-state index in [4.69, 9.17) is 14.9 Å². The maximum atomic E-state index is 13.1. The van der Waals surface area contributed by atoms with Gasteiger partial charge in [0.05, 0.1) is 36.0 Å². The molecule has 0 bridgehead atoms. The van der Waals surface area contributed by atoms with Gasteiger partial charge in [0.2, 0.25) is 27.6 Å². The molecule has 2 aromatic heterocycles. The molecule has 2 aliphatic rings. The van der Waals surface area contributed by atoms with Crippen molar-refractivity contribution in [3.63, 3.8) is 0 Å². The molecule has 0 unspecified atom stereocenters. The second-order valence-corrected chi connectivity index (χ2v) is 12.0. The molecule has 3 aromatic rings. The molecule has 42 heavy (non-hydrogen) atoms. The predicted octanol–water partition coefficient (Wildman–Crippen LogP) is 1.44. The van der Waals surface area contributed by atoms with E-state index in [-0.39, 0.29) is 78.4 Å². The minimum Gasteiger partial charge on any atom is -0.494 e. The van der Waals surface area contributed by atoms with Crippen LogP contribution in [0.1, 0.15) is 40.8 Å². The zero-order chi connectivity index (χ0) is 30.0. The van der Waals surface area contributed by atoms with Crippen LogP contribution in [0.25, 0.3) is 11.5 Å². The summed E-state index contributed by atoms with van der Waals surface area (Å²) in [6.45, 7) is 2.43. The Balaban J connectivity index is 1.36. The summed E-state index contributed by atoms with van der Waals surface area (Å²) in [5, 5.41) is 13.5. The first-order valence-electron chi connectivity index (χ1n) is 13.3. The number of primary amides is 1. The average Bonchev–Trinajstić information content (AvgIpc) is 3.73. The number of aromatic nitrogens is 3. The lowest BCUT2D eigenvalue weighted by molar-refractivity contribution is -0.117. The number of para-hydroxylation sites is 1. The molecule has 0 atom stereocenters. The fraction of sp³-hybridized carbons (Fsp3) is 0.385. The molecule has 1 aromatic carbocycles. The van der Waals surface area contributed by atoms with E-state index in [9.17, 15) is 22.8 Å². The number of sulfonamides is 1. The maximum Gasteiger partial charge on any atom is 0.291 e. The predicted molar refractivity (Wildman–Crippen MR) is 151 cm³/mol. The van der Waals surface area contributed by atoms with E-state index in [0.29, 0.717) is 11.3 Å². The summed E-state index contributed by atoms with van der Waals surface area (Å²) in [6, 6.07) is 6.49. The van der Waals surface area contributed by atoms with Crippen molar-refractivity contribution < 1.29 is 32.0 Å². The van der Waals surface area contributed by atoms with Gasteiger partial charge in [0.25, 0.3) is 11.8 Å². The van der Waals surface area contributed by atoms with Gasteiger partial charge in [-0.25, -0.2) is 13.4 Å². The number of nitrogens with zero attached hydrogens (tertiary/aromatic N) is 5. The molecule has 2 fully saturated rings. The number of hydrogen-bond donors (Lipinski definition) is 3. The van der Waals surface area contributed by atoms with E-state index in [2.05, 4.69) is 25.8 Å². The number of oxazole rings is 1. The van der Waals surface area contributed by atoms with Crippen molar-refractivity contribution in [3.05, 3.63) is 41.9 Å². The van der Waals surface area contributed by atoms with Crippen LogP contribution in [0.2, 0.25) is 0 Å². The van der Waals surface area contributed by atoms with Gasteiger partial charge in [-0.1, -0.05) is 6.07 Å². The SMILES string of the molecule is CCS(=O)(=O)N1CCN(C(=O)c2cnc(-c3cccc(Nc4cc(NC(=O)C5CC5)nnc4C(N)=O)c3OC)o2)CC1. The Morgan fingerprint density at radius 2 is 1.86 bits per heavy atom. The van der Waals surface area contributed by atoms with Gasteiger partial charge in [0.15, 0.2) is 17.3 Å². The molecule has 1 saturated heterocycles. The number of nitrogens with one attached hydrogen (secondary N) is 2. The molecule has 3 amide bonds. The molecule has 16 heteroatoms. The highest BCUT2D eigenvalue weighted by atomic mass is 32.2. The van der Waals surface area contributed by atoms with Crippen LogP contribution in [0.5, 0.6) is 5.75 Å². The van der Waals surface area contributed by atoms with Crippen molar-refractivity contribution in [2.75, 3.05) is 49.7 Å². The standard InChI is InChI=1S/C26H30N8O7S/c1-3-42(38,39)34-11-9-33(10-12-34)26(37)19-14-28-25(41-19)16-5-4-6-17(22(16)40-2)29-18-13-20(30-24(36)15-7-8-15)31-32-21(18)23(27)35/h4-6,13-15H,3,7-12H2,1-2H3,(H2,27,35)(H2,29,30,31,36). The number of anilines is 3. The third kappa shape index (κ3) is 6.03. The highest BCUT2D eigenvalue weighted by Gasteiger charge is 2.31. The lowest BCUT2D eigenvalue weighted by Crippen LogP contribution is -2.50. The van der Waals surface area contributed by atoms with Crippen molar-refractivity contribution >= 4 is 44.9 Å². The number of methoxy groups -OCH3 is 1. The van der Waals surface area contributed by atoms with Crippen molar-refractivity contribution in [2.45, 2.75) is 19.8 Å². The Morgan fingerprint density at radius 1 is 1.12 bits per heavy atom. The average molecular weight is 599 g/mol. The minimum absolute atomic E-state index is 0.00181. The number of carbonyl (C=O) groups is 3. The zero-order valence-corrected chi connectivity index (χ0v) is 23.8. The summed E-state index contributed by atoms with van der Waals surface area (Å²) in [5.41, 5.74) is 6.34. The Bertz CT molecular complexity index is 1630. The fourth-order valence-corrected chi connectivity index (χ4v) is 5.56. The van der Waals surface area contributed by atoms with E-state index in [1.807, 2.05) is 0 Å². The van der Waals surface area contributed by atoms with Gasteiger partial charge in [0.1, 0.15) is 0 Å². The number of ether oxygens (including phenoxy) is 1. The van der Waals surface area contributed by atoms with Gasteiger partial charge < -0.3 is 30.4 Å². The molecule has 0 radical (unpaired) electrons. The second kappa shape index (κ2) is 11.7. The topological polar surface area (TPSA) is 203 Å². The van der Waals surface area contributed by atoms with Crippen LogP contribution in [-0.2, 0) is 14.8 Å². The van der Waals surface area contributed by atoms with E-state index >= 15 is 0 Å². The van der Waals surface area contributed by atoms with Gasteiger partial charge in [-0.2, -0.15) is 4.31 Å². The first-order chi connectivity index (χ1) is 20.1. The first kappa shape index (κ1) is 28.9. The number of rotatable bonds is 10. The van der Waals surface area contributed by atoms with Crippen molar-refractivity contribution in [1.29, 1.82) is 0 Å². The highest BCUT2D eigenvalue weighted by Crippen LogP contribution is 2.38. The van der Waals surface area contributed by atoms with Crippen molar-refractivity contribution in [3.8, 4) is 17.2 Å². The number of benzene rings is 1. The molecule has 1 aliphatic carbocycles. The quantitative estimate of drug-likeness (QED) is 0.305. The van der Waals surface area contributed by atoms with Gasteiger partial charge >= 0.3 is 0 Å². The van der Waals surface area contributed by atoms with Crippen molar-refractivity contribution in [2.24, 2.45) is 11.7 Å². The van der Waals surface area contributed by atoms with Crippen LogP contribution < -0.4 is 21.1 Å². The van der Waals surface area contributed by atoms with Crippen LogP contribution in [0, 0.1) is 5.92 Å². The summed E-state index contributed by atoms with van der Waals surface area (Å²) in [4.78, 5) is 43.1. The molecular weight excluding hydrogens is 568 g/mol. The van der Waals surface area contributed by atoms with E-state index in [0.717, 1.165) is 12.8 Å². The summed E-state index contributed by atoms with van der Waals surface area (Å²) in [5.74, 6) is -0.949. The molecule has 1 aliphatic heterocycles. The Labute approximate surface area is 241 Å². The largest absolute Gasteiger partial charge is 0.494 e. The summed E-state index contributed by atoms with van der Waals surface area (Å²) >= 11 is 0. The molecule has 4 N–H and O–H groups in total. The molecule has 222 valence electrons. The highest BCUT2D eigenvalue weighted by molar-refractivity contribution is 7.89. The normalized spacial score (nSPS) is 15.7. The minimum atomic E-state index is -3.33. The molecular formula is C26H30N8O7S. The van der Waals surface area contributed by atoms with Gasteiger partial charge in [-0.15, -0.1) is 10.2 Å². The summed E-state index contributed by atoms with van der Waals surface area (Å²) < 4.78 is 37.1. The van der Waals surface area contributed by atoms with Gasteiger partial charge in [-0.3, -0.25) is 14.4 Å². The number of hydrogen-bond acceptors (Lipinski definition) is 11. The van der Waals surface area contributed by atoms with E-state index in [1.165, 1.54) is 28.6 Å². The number of piperazine rings is 1.